The number of fused-ring (bicyclic) bond motifs is 14. The minimum atomic E-state index is -2.47. The quantitative estimate of drug-likeness (QED) is 0.0242. The molecule has 40 nitrogen and oxygen atoms in total. The molecule has 2 saturated heterocycles. The molecule has 0 saturated carbocycles. The van der Waals surface area contributed by atoms with Crippen molar-refractivity contribution >= 4 is 76.4 Å². The van der Waals surface area contributed by atoms with Crippen molar-refractivity contribution in [3.05, 3.63) is 169 Å². The summed E-state index contributed by atoms with van der Waals surface area (Å²) in [4.78, 5) is 150. The molecule has 7 aromatic rings. The van der Waals surface area contributed by atoms with Gasteiger partial charge in [-0.3, -0.25) is 43.4 Å². The minimum absolute atomic E-state index is 0.00532. The molecular weight excluding hydrogens is 1730 g/mol. The third kappa shape index (κ3) is 21.3. The Bertz CT molecular complexity index is 5400. The van der Waals surface area contributed by atoms with Gasteiger partial charge in [0.25, 0.3) is 0 Å². The molecule has 15 rings (SSSR count). The first kappa shape index (κ1) is 94.2. The highest BCUT2D eigenvalue weighted by Gasteiger charge is 2.52. The molecule has 18 atom stereocenters. The lowest BCUT2D eigenvalue weighted by Gasteiger charge is -2.41. The van der Waals surface area contributed by atoms with Crippen LogP contribution in [0, 0.1) is 10.8 Å². The standard InChI is InChI=1S/C87H97Cl2N11O29/c1-37(2)12-9-7-5-6-8-10-13-60(106)93-69-72(109)74(111)77(85(120)121)129-86(69)128-76-57-30-42-31-58(76)125-54-23-18-41(28-49(54)88)70(107)68-84(119)97-66(79(114)91-24-11-25-100(4)99-122)47-32-43(102)33-56(126-87-75(112)73(110)71(108)59(36-101)127-87)61(47)46-27-39(16-21-51(46)103)64(81(116)98-68)94-82(117)65(42)95-83(118)67-48-34-45(35-53(105)62(48)89)124-55-29-40(17-22-52(55)104)63(90-3)80(115)92-50(78(113)96-67)26-38-14-19-44(123-57)20-15-38/h14-23,27-35,37,50,59,63-75,77,86-87,90,101-105,107-112H,5-13,24-26,36H2,1-4H3,(H,91,114)(H,92,115)(H,93,106)(H,94,117)(H,95,118)(H,96,113)(H,97,119)(H,98,116)(H,120,121)/t50-,59-,63-,64-,65-,66+,67+,68+,69-,70-,71-,72-,73+,74+,75+,77+,86-,87+/m1/s1. The van der Waals surface area contributed by atoms with Crippen LogP contribution in [0.4, 0.5) is 0 Å². The molecule has 7 aromatic carbocycles. The number of likely N-dealkylation sites (N-methyl/N-ethyl adjacent to an activating group) is 1. The number of ether oxygens (including phenoxy) is 7. The molecule has 688 valence electrons. The van der Waals surface area contributed by atoms with Crippen LogP contribution in [0.2, 0.25) is 10.0 Å². The zero-order valence-electron chi connectivity index (χ0n) is 69.6. The summed E-state index contributed by atoms with van der Waals surface area (Å²) in [5.41, 5.74) is -2.96. The van der Waals surface area contributed by atoms with Gasteiger partial charge in [0, 0.05) is 61.8 Å². The van der Waals surface area contributed by atoms with E-state index < -0.39 is 271 Å². The van der Waals surface area contributed by atoms with Crippen molar-refractivity contribution in [3.8, 4) is 80.1 Å². The van der Waals surface area contributed by atoms with Gasteiger partial charge in [-0.15, -0.1) is 4.91 Å². The molecule has 8 amide bonds. The van der Waals surface area contributed by atoms with Crippen LogP contribution in [0.5, 0.6) is 69.0 Å². The average molecular weight is 1830 g/mol. The van der Waals surface area contributed by atoms with E-state index in [0.717, 1.165) is 110 Å². The first-order chi connectivity index (χ1) is 61.6. The molecule has 129 heavy (non-hydrogen) atoms. The Kier molecular flexibility index (Phi) is 29.9. The molecule has 0 spiro atoms. The second-order valence-electron chi connectivity index (χ2n) is 32.4. The van der Waals surface area contributed by atoms with E-state index in [2.05, 4.69) is 67.0 Å². The highest BCUT2D eigenvalue weighted by atomic mass is 35.5. The summed E-state index contributed by atoms with van der Waals surface area (Å²) >= 11 is 14.3. The lowest BCUT2D eigenvalue weighted by Crippen LogP contribution is -2.66. The van der Waals surface area contributed by atoms with Crippen LogP contribution in [0.3, 0.4) is 0 Å². The number of carbonyl (C=O) groups excluding carboxylic acids is 8. The van der Waals surface area contributed by atoms with Crippen molar-refractivity contribution in [2.24, 2.45) is 11.2 Å². The maximum Gasteiger partial charge on any atom is 0.335 e. The van der Waals surface area contributed by atoms with Crippen LogP contribution in [-0.2, 0) is 59.0 Å². The van der Waals surface area contributed by atoms with Gasteiger partial charge in [0.05, 0.1) is 21.9 Å². The number of nitrogens with one attached hydrogen (secondary N) is 9. The highest BCUT2D eigenvalue weighted by Crippen LogP contribution is 2.51. The van der Waals surface area contributed by atoms with Crippen molar-refractivity contribution in [2.45, 2.75) is 188 Å². The van der Waals surface area contributed by atoms with E-state index in [0.29, 0.717) is 18.8 Å². The molecule has 8 aliphatic heterocycles. The van der Waals surface area contributed by atoms with Crippen LogP contribution >= 0.6 is 23.2 Å². The van der Waals surface area contributed by atoms with E-state index in [1.165, 1.54) is 56.6 Å². The molecule has 0 aliphatic carbocycles. The monoisotopic (exact) mass is 1830 g/mol. The van der Waals surface area contributed by atoms with E-state index in [1.54, 1.807) is 0 Å². The topological polar surface area (TPSA) is 602 Å². The van der Waals surface area contributed by atoms with Gasteiger partial charge in [-0.1, -0.05) is 106 Å². The number of halogens is 2. The second-order valence-corrected chi connectivity index (χ2v) is 33.1. The van der Waals surface area contributed by atoms with Crippen molar-refractivity contribution < 1.29 is 138 Å². The fraction of sp³-hybridized carbons (Fsp3) is 0.414. The Morgan fingerprint density at radius 3 is 1.93 bits per heavy atom. The third-order valence-corrected chi connectivity index (χ3v) is 23.5. The zero-order valence-corrected chi connectivity index (χ0v) is 71.1. The average Bonchev–Trinajstić information content (AvgIpc) is 0.741. The molecule has 17 bridgehead atoms. The van der Waals surface area contributed by atoms with Gasteiger partial charge in [0.1, 0.15) is 131 Å². The van der Waals surface area contributed by atoms with Gasteiger partial charge in [-0.05, 0) is 132 Å². The highest BCUT2D eigenvalue weighted by molar-refractivity contribution is 6.33. The van der Waals surface area contributed by atoms with Gasteiger partial charge in [-0.2, -0.15) is 0 Å². The number of nitrogens with zero attached hydrogens (tertiary/aromatic N) is 2. The Morgan fingerprint density at radius 1 is 0.581 bits per heavy atom. The summed E-state index contributed by atoms with van der Waals surface area (Å²) in [5, 5.41) is 165. The van der Waals surface area contributed by atoms with E-state index in [-0.39, 0.29) is 59.9 Å². The molecule has 42 heteroatoms. The van der Waals surface area contributed by atoms with Gasteiger partial charge < -0.3 is 142 Å². The molecule has 8 heterocycles. The number of benzene rings is 7. The molecular formula is C87H97Cl2N11O29. The molecule has 0 aromatic heterocycles. The van der Waals surface area contributed by atoms with E-state index in [1.807, 2.05) is 0 Å². The number of unbranched alkanes of at least 4 members (excludes halogenated alkanes) is 5. The first-order valence-electron chi connectivity index (χ1n) is 41.4. The van der Waals surface area contributed by atoms with Crippen LogP contribution in [0.1, 0.15) is 147 Å². The number of hydrogen-bond donors (Lipinski definition) is 21. The number of aliphatic carboxylic acids is 1. The molecule has 21 N–H and O–H groups in total. The number of phenolic OH excluding ortho intramolecular Hbond substituents is 4. The predicted octanol–water partition coefficient (Wildman–Crippen LogP) is 4.22. The maximum absolute atomic E-state index is 16.8. The molecule has 2 fully saturated rings. The molecule has 8 aliphatic rings. The Hall–Kier alpha value is -12.5. The fourth-order valence-electron chi connectivity index (χ4n) is 15.9. The van der Waals surface area contributed by atoms with Crippen molar-refractivity contribution in [2.75, 3.05) is 33.8 Å². The number of aromatic hydroxyl groups is 4. The molecule has 0 radical (unpaired) electrons. The predicted molar refractivity (Wildman–Crippen MR) is 452 cm³/mol. The number of carbonyl (C=O) groups is 9. The summed E-state index contributed by atoms with van der Waals surface area (Å²) in [6, 6.07) is 5.07. The molecule has 0 unspecified atom stereocenters. The summed E-state index contributed by atoms with van der Waals surface area (Å²) in [5.74, 6) is -18.0. The normalized spacial score (nSPS) is 25.6. The Morgan fingerprint density at radius 2 is 1.23 bits per heavy atom. The van der Waals surface area contributed by atoms with Gasteiger partial charge >= 0.3 is 5.97 Å². The maximum atomic E-state index is 16.8. The smallest absolute Gasteiger partial charge is 0.335 e. The van der Waals surface area contributed by atoms with Crippen LogP contribution in [0.25, 0.3) is 11.1 Å². The second kappa shape index (κ2) is 40.9. The first-order valence-corrected chi connectivity index (χ1v) is 42.2. The number of aliphatic hydroxyl groups is 7. The largest absolute Gasteiger partial charge is 0.508 e. The number of nitroso groups, excluding NO2 is 1. The zero-order chi connectivity index (χ0) is 92.7. The lowest BCUT2D eigenvalue weighted by atomic mass is 9.89. The number of phenols is 4. The van der Waals surface area contributed by atoms with Crippen molar-refractivity contribution in [1.29, 1.82) is 0 Å². The Labute approximate surface area is 745 Å². The number of carboxylic acids is 1. The number of hydrogen-bond acceptors (Lipinski definition) is 30. The summed E-state index contributed by atoms with van der Waals surface area (Å²) in [6.07, 6.45) is -16.4. The number of amides is 8. The summed E-state index contributed by atoms with van der Waals surface area (Å²) in [7, 11) is 2.76. The summed E-state index contributed by atoms with van der Waals surface area (Å²) < 4.78 is 44.4. The van der Waals surface area contributed by atoms with Crippen LogP contribution in [-0.4, -0.2) is 227 Å². The number of rotatable bonds is 23. The van der Waals surface area contributed by atoms with Gasteiger partial charge in [-0.25, -0.2) is 4.79 Å². The van der Waals surface area contributed by atoms with Crippen molar-refractivity contribution in [1.82, 2.24) is 52.9 Å². The fourth-order valence-corrected chi connectivity index (χ4v) is 16.3. The van der Waals surface area contributed by atoms with E-state index >= 15 is 28.8 Å². The van der Waals surface area contributed by atoms with Crippen molar-refractivity contribution in [3.63, 3.8) is 0 Å². The van der Waals surface area contributed by atoms with E-state index in [4.69, 9.17) is 56.4 Å². The number of aliphatic hydroxyl groups excluding tert-OH is 7. The van der Waals surface area contributed by atoms with Gasteiger partial charge in [0.15, 0.2) is 29.1 Å². The van der Waals surface area contributed by atoms with Crippen LogP contribution in [0.15, 0.2) is 121 Å². The minimum Gasteiger partial charge on any atom is -0.508 e. The Balaban J connectivity index is 1.04. The van der Waals surface area contributed by atoms with Crippen LogP contribution < -0.4 is 71.5 Å². The lowest BCUT2D eigenvalue weighted by molar-refractivity contribution is -0.277. The third-order valence-electron chi connectivity index (χ3n) is 22.8. The summed E-state index contributed by atoms with van der Waals surface area (Å²) in [6.45, 7) is 2.93. The van der Waals surface area contributed by atoms with E-state index in [9.17, 15) is 80.6 Å². The SMILES string of the molecule is CN[C@H]1C(=O)N[C@@H]2Cc3ccc(cc3)Oc3cc4cc(c3O[C@@H]3O[C@H](C(=O)O)[C@@H](O)[C@H](O)[C@H]3NC(=O)CCCCCCCCC(C)C)Oc3ccc(cc3Cl)[C@@H](O)[C@@H]3NC(=O)[C@H](NC(=O)[C@@H]4NC(=O)[C@@H](NC2=O)c2cc(cc(O)c2Cl)Oc2cc1ccc2O)c1ccc(O)c(c1)-c1c(O[C@H]2O[C@H](CO)[C@@H](O)[C@H](O)[C@@H]2O)cc(O)cc1[C@@H](C(=O)NCCCN(C)N=O)NC3=O. The number of carboxylic acid groups (broad SMARTS) is 1. The van der Waals surface area contributed by atoms with Gasteiger partial charge in [0.2, 0.25) is 65.6 Å².